The molecule has 2 heterocycles. The Morgan fingerprint density at radius 3 is 2.21 bits per heavy atom. The molecule has 4 N–H and O–H groups in total. The average molecular weight is 662 g/mol. The van der Waals surface area contributed by atoms with E-state index in [-0.39, 0.29) is 23.5 Å². The molecular formula is C32H34F3N3O9. The van der Waals surface area contributed by atoms with Crippen LogP contribution in [-0.2, 0) is 30.1 Å². The summed E-state index contributed by atoms with van der Waals surface area (Å²) in [4.78, 5) is 66.1. The smallest absolute Gasteiger partial charge is 0.416 e. The monoisotopic (exact) mass is 661 g/mol. The number of alkyl halides is 3. The van der Waals surface area contributed by atoms with Crippen molar-refractivity contribution in [2.75, 3.05) is 18.5 Å². The maximum atomic E-state index is 13.8. The van der Waals surface area contributed by atoms with E-state index in [1.165, 1.54) is 53.3 Å². The van der Waals surface area contributed by atoms with E-state index in [4.69, 9.17) is 4.74 Å². The molecule has 2 aromatic carbocycles. The molecule has 0 aromatic heterocycles. The molecule has 12 nitrogen and oxygen atoms in total. The van der Waals surface area contributed by atoms with Crippen LogP contribution in [0.1, 0.15) is 56.4 Å². The average Bonchev–Trinajstić information content (AvgIpc) is 3.60. The number of nitrogens with zero attached hydrogens (tertiary/aromatic N) is 2. The third-order valence-corrected chi connectivity index (χ3v) is 8.18. The highest BCUT2D eigenvalue weighted by atomic mass is 19.4. The lowest BCUT2D eigenvalue weighted by Gasteiger charge is -2.36. The van der Waals surface area contributed by atoms with Crippen molar-refractivity contribution in [3.63, 3.8) is 0 Å². The first-order valence-electron chi connectivity index (χ1n) is 14.5. The van der Waals surface area contributed by atoms with Gasteiger partial charge in [0.1, 0.15) is 23.9 Å². The lowest BCUT2D eigenvalue weighted by atomic mass is 9.85. The van der Waals surface area contributed by atoms with Crippen LogP contribution in [0.15, 0.2) is 48.5 Å². The van der Waals surface area contributed by atoms with Crippen molar-refractivity contribution >= 4 is 41.4 Å². The van der Waals surface area contributed by atoms with Crippen molar-refractivity contribution in [3.05, 3.63) is 65.2 Å². The number of anilines is 1. The normalized spacial score (nSPS) is 19.5. The molecule has 15 heteroatoms. The van der Waals surface area contributed by atoms with Crippen LogP contribution < -0.4 is 15.0 Å². The van der Waals surface area contributed by atoms with Crippen molar-refractivity contribution in [3.8, 4) is 5.75 Å². The van der Waals surface area contributed by atoms with Crippen LogP contribution in [0.5, 0.6) is 5.75 Å². The Kier molecular flexibility index (Phi) is 9.44. The maximum Gasteiger partial charge on any atom is 0.416 e. The Hall–Kier alpha value is -4.92. The standard InChI is InChI=1S/C32H34F3N3O9/c1-30(2,3)24(27(42)38-15-5-6-21(38)26(41)37(4)19-11-9-18(10-12-19)32(33,34)35)36-23(39)14-8-17-7-13-22-20(16-17)25(40)31(47-22,28(43)44)29(45)46/h7-14,16,21,24-25,40H,5-6,15H2,1-4H3,(H,36,39)(H,43,44)(H,45,46)/b14-8+. The minimum absolute atomic E-state index is 0.105. The first kappa shape index (κ1) is 34.9. The molecule has 0 saturated carbocycles. The van der Waals surface area contributed by atoms with Gasteiger partial charge in [0.25, 0.3) is 0 Å². The number of carboxylic acids is 2. The molecule has 4 rings (SSSR count). The summed E-state index contributed by atoms with van der Waals surface area (Å²) < 4.78 is 44.1. The van der Waals surface area contributed by atoms with E-state index < -0.39 is 70.6 Å². The number of nitrogens with one attached hydrogen (secondary N) is 1. The number of likely N-dealkylation sites (N-methyl/N-ethyl adjacent to an activating group) is 1. The summed E-state index contributed by atoms with van der Waals surface area (Å²) in [6.45, 7) is 5.39. The number of halogens is 3. The quantitative estimate of drug-likeness (QED) is 0.245. The lowest BCUT2D eigenvalue weighted by molar-refractivity contribution is -0.180. The van der Waals surface area contributed by atoms with Gasteiger partial charge in [-0.3, -0.25) is 14.4 Å². The molecule has 2 aliphatic rings. The SMILES string of the molecule is CN(C(=O)C1CCCN1C(=O)C(NC(=O)/C=C/c1ccc2c(c1)C(O)C(C(=O)O)(C(=O)O)O2)C(C)(C)C)c1ccc(C(F)(F)F)cc1. The number of benzene rings is 2. The Morgan fingerprint density at radius 1 is 1.04 bits per heavy atom. The highest BCUT2D eigenvalue weighted by molar-refractivity contribution is 6.04. The van der Waals surface area contributed by atoms with E-state index in [0.717, 1.165) is 18.2 Å². The van der Waals surface area contributed by atoms with Crippen molar-refractivity contribution < 1.29 is 57.2 Å². The number of carbonyl (C=O) groups is 5. The third kappa shape index (κ3) is 6.80. The summed E-state index contributed by atoms with van der Waals surface area (Å²) in [5.74, 6) is -5.64. The van der Waals surface area contributed by atoms with E-state index in [0.29, 0.717) is 18.4 Å². The molecule has 0 spiro atoms. The van der Waals surface area contributed by atoms with Crippen molar-refractivity contribution in [1.82, 2.24) is 10.2 Å². The zero-order valence-corrected chi connectivity index (χ0v) is 25.9. The van der Waals surface area contributed by atoms with Crippen molar-refractivity contribution in [2.24, 2.45) is 5.41 Å². The first-order chi connectivity index (χ1) is 21.8. The van der Waals surface area contributed by atoms with Gasteiger partial charge in [-0.15, -0.1) is 0 Å². The molecule has 3 unspecified atom stereocenters. The number of fused-ring (bicyclic) bond motifs is 1. The molecule has 3 amide bonds. The Bertz CT molecular complexity index is 1600. The lowest BCUT2D eigenvalue weighted by Crippen LogP contribution is -2.57. The van der Waals surface area contributed by atoms with E-state index in [1.807, 2.05) is 0 Å². The number of hydrogen-bond acceptors (Lipinski definition) is 7. The van der Waals surface area contributed by atoms with Gasteiger partial charge in [0.05, 0.1) is 5.56 Å². The number of carbonyl (C=O) groups excluding carboxylic acids is 3. The molecule has 0 bridgehead atoms. The van der Waals surface area contributed by atoms with Crippen LogP contribution in [0.4, 0.5) is 18.9 Å². The molecule has 2 aliphatic heterocycles. The number of likely N-dealkylation sites (tertiary alicyclic amines) is 1. The van der Waals surface area contributed by atoms with Gasteiger partial charge in [-0.2, -0.15) is 13.2 Å². The number of aliphatic carboxylic acids is 2. The molecule has 1 saturated heterocycles. The highest BCUT2D eigenvalue weighted by Crippen LogP contribution is 2.44. The minimum atomic E-state index is -4.53. The topological polar surface area (TPSA) is 174 Å². The molecule has 2 aromatic rings. The fourth-order valence-electron chi connectivity index (χ4n) is 5.53. The second-order valence-electron chi connectivity index (χ2n) is 12.4. The van der Waals surface area contributed by atoms with Gasteiger partial charge in [-0.05, 0) is 66.3 Å². The van der Waals surface area contributed by atoms with E-state index in [1.54, 1.807) is 20.8 Å². The van der Waals surface area contributed by atoms with Gasteiger partial charge in [0.15, 0.2) is 0 Å². The van der Waals surface area contributed by atoms with Crippen LogP contribution in [0, 0.1) is 5.41 Å². The van der Waals surface area contributed by atoms with E-state index in [9.17, 15) is 52.5 Å². The van der Waals surface area contributed by atoms with Gasteiger partial charge < -0.3 is 35.2 Å². The molecule has 0 aliphatic carbocycles. The Labute approximate surface area is 267 Å². The number of carboxylic acid groups (broad SMARTS) is 2. The predicted molar refractivity (Wildman–Crippen MR) is 160 cm³/mol. The summed E-state index contributed by atoms with van der Waals surface area (Å²) in [6, 6.07) is 6.04. The summed E-state index contributed by atoms with van der Waals surface area (Å²) in [7, 11) is 1.41. The number of aliphatic hydroxyl groups excluding tert-OH is 1. The van der Waals surface area contributed by atoms with Crippen LogP contribution in [-0.4, -0.2) is 81.2 Å². The fraction of sp³-hybridized carbons (Fsp3) is 0.406. The number of rotatable bonds is 8. The van der Waals surface area contributed by atoms with Gasteiger partial charge >= 0.3 is 23.7 Å². The number of hydrogen-bond donors (Lipinski definition) is 4. The van der Waals surface area contributed by atoms with Crippen molar-refractivity contribution in [1.29, 1.82) is 0 Å². The summed E-state index contributed by atoms with van der Waals surface area (Å²) >= 11 is 0. The Balaban J connectivity index is 1.48. The first-order valence-corrected chi connectivity index (χ1v) is 14.5. The van der Waals surface area contributed by atoms with Crippen molar-refractivity contribution in [2.45, 2.75) is 63.6 Å². The van der Waals surface area contributed by atoms with Crippen LogP contribution >= 0.6 is 0 Å². The molecule has 0 radical (unpaired) electrons. The number of amides is 3. The van der Waals surface area contributed by atoms with Crippen LogP contribution in [0.3, 0.4) is 0 Å². The summed E-state index contributed by atoms with van der Waals surface area (Å²) in [6.07, 6.45) is -3.34. The Morgan fingerprint density at radius 2 is 1.66 bits per heavy atom. The van der Waals surface area contributed by atoms with Crippen LogP contribution in [0.2, 0.25) is 0 Å². The zero-order valence-electron chi connectivity index (χ0n) is 25.9. The second-order valence-corrected chi connectivity index (χ2v) is 12.4. The molecular weight excluding hydrogens is 627 g/mol. The van der Waals surface area contributed by atoms with E-state index in [2.05, 4.69) is 5.32 Å². The molecule has 3 atom stereocenters. The van der Waals surface area contributed by atoms with Gasteiger partial charge in [0.2, 0.25) is 17.7 Å². The van der Waals surface area contributed by atoms with Crippen LogP contribution in [0.25, 0.3) is 6.08 Å². The highest BCUT2D eigenvalue weighted by Gasteiger charge is 2.61. The minimum Gasteiger partial charge on any atom is -0.478 e. The third-order valence-electron chi connectivity index (χ3n) is 8.18. The molecule has 252 valence electrons. The van der Waals surface area contributed by atoms with Gasteiger partial charge in [-0.1, -0.05) is 26.8 Å². The van der Waals surface area contributed by atoms with Gasteiger partial charge in [-0.25, -0.2) is 9.59 Å². The molecule has 1 fully saturated rings. The van der Waals surface area contributed by atoms with E-state index >= 15 is 0 Å². The summed E-state index contributed by atoms with van der Waals surface area (Å²) in [5, 5.41) is 32.0. The largest absolute Gasteiger partial charge is 0.478 e. The maximum absolute atomic E-state index is 13.8. The number of aliphatic hydroxyl groups is 1. The van der Waals surface area contributed by atoms with Gasteiger partial charge in [0, 0.05) is 30.9 Å². The summed E-state index contributed by atoms with van der Waals surface area (Å²) in [5.41, 5.74) is -4.20. The second kappa shape index (κ2) is 12.7. The number of ether oxygens (including phenoxy) is 1. The predicted octanol–water partition coefficient (Wildman–Crippen LogP) is 3.24. The zero-order chi connectivity index (χ0) is 35.1. The molecule has 47 heavy (non-hydrogen) atoms. The fourth-order valence-corrected chi connectivity index (χ4v) is 5.53.